The van der Waals surface area contributed by atoms with Crippen molar-refractivity contribution < 1.29 is 8.42 Å². The maximum Gasteiger partial charge on any atom is 0.152 e. The molecule has 3 nitrogen and oxygen atoms in total. The Balaban J connectivity index is 2.68. The third-order valence-electron chi connectivity index (χ3n) is 3.79. The van der Waals surface area contributed by atoms with Crippen LogP contribution in [-0.2, 0) is 16.3 Å². The Bertz CT molecular complexity index is 509. The maximum absolute atomic E-state index is 11.9. The summed E-state index contributed by atoms with van der Waals surface area (Å²) in [6.45, 7) is 6.46. The molecular formula is C16H27NO2S. The van der Waals surface area contributed by atoms with Crippen molar-refractivity contribution in [2.45, 2.75) is 38.9 Å². The first-order chi connectivity index (χ1) is 9.36. The summed E-state index contributed by atoms with van der Waals surface area (Å²) in [6, 6.07) is 8.32. The molecule has 0 heterocycles. The van der Waals surface area contributed by atoms with Crippen LogP contribution in [-0.4, -0.2) is 33.0 Å². The highest BCUT2D eigenvalue weighted by atomic mass is 32.2. The molecule has 1 unspecified atom stereocenters. The van der Waals surface area contributed by atoms with Gasteiger partial charge < -0.3 is 5.32 Å². The average Bonchev–Trinajstić information content (AvgIpc) is 2.38. The zero-order chi connectivity index (χ0) is 15.2. The fraction of sp³-hybridized carbons (Fsp3) is 0.625. The molecule has 0 aliphatic rings. The van der Waals surface area contributed by atoms with Gasteiger partial charge in [0.25, 0.3) is 0 Å². The first-order valence-electron chi connectivity index (χ1n) is 7.27. The molecule has 20 heavy (non-hydrogen) atoms. The highest BCUT2D eigenvalue weighted by Gasteiger charge is 2.19. The molecule has 114 valence electrons. The van der Waals surface area contributed by atoms with E-state index in [0.29, 0.717) is 5.92 Å². The van der Waals surface area contributed by atoms with Gasteiger partial charge in [0.1, 0.15) is 0 Å². The molecule has 1 aromatic rings. The minimum Gasteiger partial charge on any atom is -0.319 e. The summed E-state index contributed by atoms with van der Waals surface area (Å²) in [6.07, 6.45) is 1.65. The lowest BCUT2D eigenvalue weighted by molar-refractivity contribution is 0.476. The first kappa shape index (κ1) is 17.2. The van der Waals surface area contributed by atoms with E-state index in [1.807, 2.05) is 19.2 Å². The van der Waals surface area contributed by atoms with E-state index in [4.69, 9.17) is 0 Å². The van der Waals surface area contributed by atoms with Crippen LogP contribution < -0.4 is 5.32 Å². The molecule has 0 radical (unpaired) electrons. The molecule has 0 bridgehead atoms. The van der Waals surface area contributed by atoms with Crippen molar-refractivity contribution in [1.29, 1.82) is 0 Å². The lowest BCUT2D eigenvalue weighted by atomic mass is 9.94. The van der Waals surface area contributed by atoms with Gasteiger partial charge in [-0.25, -0.2) is 8.42 Å². The first-order valence-corrected chi connectivity index (χ1v) is 8.99. The van der Waals surface area contributed by atoms with Crippen molar-refractivity contribution in [3.05, 3.63) is 35.4 Å². The van der Waals surface area contributed by atoms with Crippen LogP contribution in [0.3, 0.4) is 0 Å². The van der Waals surface area contributed by atoms with Crippen molar-refractivity contribution in [1.82, 2.24) is 5.32 Å². The number of sulfone groups is 1. The fourth-order valence-electron chi connectivity index (χ4n) is 2.28. The number of rotatable bonds is 8. The van der Waals surface area contributed by atoms with Crippen molar-refractivity contribution in [2.24, 2.45) is 5.92 Å². The molecule has 0 aromatic heterocycles. The van der Waals surface area contributed by atoms with E-state index in [9.17, 15) is 8.42 Å². The minimum atomic E-state index is -2.94. The summed E-state index contributed by atoms with van der Waals surface area (Å²) in [5, 5.41) is 2.90. The predicted molar refractivity (Wildman–Crippen MR) is 85.8 cm³/mol. The van der Waals surface area contributed by atoms with Crippen molar-refractivity contribution in [3.8, 4) is 0 Å². The summed E-state index contributed by atoms with van der Waals surface area (Å²) in [7, 11) is -1.02. The zero-order valence-corrected chi connectivity index (χ0v) is 13.8. The molecule has 4 heteroatoms. The number of aryl methyl sites for hydroxylation is 1. The summed E-state index contributed by atoms with van der Waals surface area (Å²) >= 11 is 0. The van der Waals surface area contributed by atoms with E-state index in [1.165, 1.54) is 11.1 Å². The smallest absolute Gasteiger partial charge is 0.152 e. The molecule has 1 aromatic carbocycles. The van der Waals surface area contributed by atoms with Gasteiger partial charge in [0.15, 0.2) is 9.84 Å². The number of hydrogen-bond acceptors (Lipinski definition) is 3. The summed E-state index contributed by atoms with van der Waals surface area (Å²) in [4.78, 5) is 0. The Morgan fingerprint density at radius 2 is 1.85 bits per heavy atom. The lowest BCUT2D eigenvalue weighted by Crippen LogP contribution is -2.26. The Morgan fingerprint density at radius 3 is 2.40 bits per heavy atom. The Hall–Kier alpha value is -0.870. The van der Waals surface area contributed by atoms with Gasteiger partial charge in [0, 0.05) is 0 Å². The Kier molecular flexibility index (Phi) is 6.69. The third-order valence-corrected chi connectivity index (χ3v) is 6.03. The Labute approximate surface area is 123 Å². The second kappa shape index (κ2) is 7.79. The number of benzene rings is 1. The SMILES string of the molecule is CNCC(CCS(=O)(=O)C(C)C)Cc1ccccc1C. The largest absolute Gasteiger partial charge is 0.319 e. The summed E-state index contributed by atoms with van der Waals surface area (Å²) in [5.74, 6) is 0.637. The van der Waals surface area contributed by atoms with E-state index in [1.54, 1.807) is 13.8 Å². The number of nitrogens with one attached hydrogen (secondary N) is 1. The van der Waals surface area contributed by atoms with Crippen LogP contribution >= 0.6 is 0 Å². The van der Waals surface area contributed by atoms with E-state index < -0.39 is 9.84 Å². The molecule has 0 saturated heterocycles. The second-order valence-corrected chi connectivity index (χ2v) is 8.44. The van der Waals surface area contributed by atoms with Crippen LogP contribution in [0.25, 0.3) is 0 Å². The molecule has 0 saturated carbocycles. The van der Waals surface area contributed by atoms with Crippen molar-refractivity contribution in [2.75, 3.05) is 19.3 Å². The molecule has 0 aliphatic carbocycles. The van der Waals surface area contributed by atoms with Gasteiger partial charge in [-0.1, -0.05) is 24.3 Å². The van der Waals surface area contributed by atoms with Crippen LogP contribution in [0.4, 0.5) is 0 Å². The molecule has 0 spiro atoms. The van der Waals surface area contributed by atoms with E-state index >= 15 is 0 Å². The molecule has 1 atom stereocenters. The van der Waals surface area contributed by atoms with Crippen LogP contribution in [0.2, 0.25) is 0 Å². The van der Waals surface area contributed by atoms with E-state index in [0.717, 1.165) is 19.4 Å². The zero-order valence-electron chi connectivity index (χ0n) is 13.0. The standard InChI is InChI=1S/C16H27NO2S/c1-13(2)20(18,19)10-9-15(12-17-4)11-16-8-6-5-7-14(16)3/h5-8,13,15,17H,9-12H2,1-4H3. The monoisotopic (exact) mass is 297 g/mol. The molecule has 1 N–H and O–H groups in total. The van der Waals surface area contributed by atoms with Crippen molar-refractivity contribution in [3.63, 3.8) is 0 Å². The van der Waals surface area contributed by atoms with Gasteiger partial charge in [0.05, 0.1) is 11.0 Å². The maximum atomic E-state index is 11.9. The normalized spacial score (nSPS) is 13.7. The van der Waals surface area contributed by atoms with Gasteiger partial charge in [-0.15, -0.1) is 0 Å². The van der Waals surface area contributed by atoms with Crippen LogP contribution in [0.15, 0.2) is 24.3 Å². The molecule has 0 amide bonds. The van der Waals surface area contributed by atoms with Crippen molar-refractivity contribution >= 4 is 9.84 Å². The van der Waals surface area contributed by atoms with Crippen LogP contribution in [0.5, 0.6) is 0 Å². The summed E-state index contributed by atoms with van der Waals surface area (Å²) < 4.78 is 23.9. The quantitative estimate of drug-likeness (QED) is 0.802. The molecule has 0 aliphatic heterocycles. The van der Waals surface area contributed by atoms with E-state index in [-0.39, 0.29) is 11.0 Å². The second-order valence-electron chi connectivity index (χ2n) is 5.76. The lowest BCUT2D eigenvalue weighted by Gasteiger charge is -2.18. The fourth-order valence-corrected chi connectivity index (χ4v) is 3.41. The van der Waals surface area contributed by atoms with Crippen LogP contribution in [0, 0.1) is 12.8 Å². The van der Waals surface area contributed by atoms with Gasteiger partial charge in [0.2, 0.25) is 0 Å². The number of hydrogen-bond donors (Lipinski definition) is 1. The van der Waals surface area contributed by atoms with Gasteiger partial charge in [-0.05, 0) is 64.3 Å². The minimum absolute atomic E-state index is 0.281. The van der Waals surface area contributed by atoms with Gasteiger partial charge >= 0.3 is 0 Å². The Morgan fingerprint density at radius 1 is 1.20 bits per heavy atom. The van der Waals surface area contributed by atoms with E-state index in [2.05, 4.69) is 24.4 Å². The third kappa shape index (κ3) is 5.25. The average molecular weight is 297 g/mol. The topological polar surface area (TPSA) is 46.2 Å². The summed E-state index contributed by atoms with van der Waals surface area (Å²) in [5.41, 5.74) is 2.59. The highest BCUT2D eigenvalue weighted by Crippen LogP contribution is 2.17. The predicted octanol–water partition coefficient (Wildman–Crippen LogP) is 2.59. The molecule has 0 fully saturated rings. The van der Waals surface area contributed by atoms with Gasteiger partial charge in [-0.3, -0.25) is 0 Å². The molecule has 1 rings (SSSR count). The van der Waals surface area contributed by atoms with Gasteiger partial charge in [-0.2, -0.15) is 0 Å². The van der Waals surface area contributed by atoms with Crippen LogP contribution in [0.1, 0.15) is 31.4 Å². The highest BCUT2D eigenvalue weighted by molar-refractivity contribution is 7.91. The molecular weight excluding hydrogens is 270 g/mol.